The minimum Gasteiger partial charge on any atom is -0.307 e. The molecule has 0 saturated heterocycles. The van der Waals surface area contributed by atoms with Crippen LogP contribution in [-0.2, 0) is 0 Å². The molecule has 4 heterocycles. The van der Waals surface area contributed by atoms with Crippen LogP contribution in [0.15, 0.2) is 182 Å². The zero-order chi connectivity index (χ0) is 36.5. The maximum absolute atomic E-state index is 5.63. The molecule has 0 bridgehead atoms. The van der Waals surface area contributed by atoms with E-state index >= 15 is 0 Å². The highest BCUT2D eigenvalue weighted by molar-refractivity contribution is 6.36. The Morgan fingerprint density at radius 2 is 0.929 bits per heavy atom. The van der Waals surface area contributed by atoms with Crippen molar-refractivity contribution >= 4 is 92.3 Å². The largest absolute Gasteiger partial charge is 0.307 e. The highest BCUT2D eigenvalue weighted by Crippen LogP contribution is 2.48. The summed E-state index contributed by atoms with van der Waals surface area (Å²) in [6.07, 6.45) is 0. The maximum atomic E-state index is 5.63. The Balaban J connectivity index is 1.20. The van der Waals surface area contributed by atoms with Gasteiger partial charge in [-0.05, 0) is 51.6 Å². The third-order valence-corrected chi connectivity index (χ3v) is 12.0. The highest BCUT2D eigenvalue weighted by Gasteiger charge is 2.26. The Hall–Kier alpha value is -7.56. The van der Waals surface area contributed by atoms with E-state index in [4.69, 9.17) is 9.97 Å². The van der Waals surface area contributed by atoms with E-state index in [-0.39, 0.29) is 0 Å². The van der Waals surface area contributed by atoms with Crippen LogP contribution in [0, 0.1) is 0 Å². The van der Waals surface area contributed by atoms with Crippen LogP contribution in [0.25, 0.3) is 121 Å². The molecule has 56 heavy (non-hydrogen) atoms. The Bertz CT molecular complexity index is 3740. The van der Waals surface area contributed by atoms with E-state index in [9.17, 15) is 0 Å². The van der Waals surface area contributed by atoms with Crippen LogP contribution in [-0.4, -0.2) is 18.9 Å². The quantitative estimate of drug-likeness (QED) is 0.171. The molecule has 4 heteroatoms. The third kappa shape index (κ3) is 3.92. The van der Waals surface area contributed by atoms with Crippen molar-refractivity contribution in [3.8, 4) is 28.3 Å². The molecule has 0 N–H and O–H groups in total. The van der Waals surface area contributed by atoms with Gasteiger partial charge in [0.05, 0.1) is 38.8 Å². The summed E-state index contributed by atoms with van der Waals surface area (Å²) in [5.41, 5.74) is 11.2. The first-order chi connectivity index (χ1) is 27.8. The summed E-state index contributed by atoms with van der Waals surface area (Å²) in [6, 6.07) is 65.7. The van der Waals surface area contributed by atoms with Crippen LogP contribution in [0.4, 0.5) is 0 Å². The van der Waals surface area contributed by atoms with Crippen LogP contribution in [0.5, 0.6) is 0 Å². The zero-order valence-corrected chi connectivity index (χ0v) is 30.1. The Morgan fingerprint density at radius 1 is 0.339 bits per heavy atom. The molecule has 0 spiro atoms. The predicted octanol–water partition coefficient (Wildman–Crippen LogP) is 13.5. The van der Waals surface area contributed by atoms with Gasteiger partial charge < -0.3 is 4.40 Å². The lowest BCUT2D eigenvalue weighted by atomic mass is 9.98. The standard InChI is InChI=1S/C52H30N4/c1-2-12-31(13-3-1)32-22-24-35(25-23-32)48-46-36-16-6-4-14-33(36)27-29-43(46)53-52(54-48)56-45-21-11-9-19-39(45)42-30-41-38-18-8-10-20-44(38)55-49-37-17-7-5-15-34(37)26-28-40(49)47(50(41)55)51(42)56/h1-30H. The fraction of sp³-hybridized carbons (Fsp3) is 0. The number of hydrogen-bond donors (Lipinski definition) is 0. The van der Waals surface area contributed by atoms with Gasteiger partial charge in [0.2, 0.25) is 5.95 Å². The minimum absolute atomic E-state index is 0.661. The summed E-state index contributed by atoms with van der Waals surface area (Å²) >= 11 is 0. The van der Waals surface area contributed by atoms with Crippen molar-refractivity contribution in [3.05, 3.63) is 182 Å². The second-order valence-electron chi connectivity index (χ2n) is 14.9. The van der Waals surface area contributed by atoms with Crippen LogP contribution in [0.1, 0.15) is 0 Å². The lowest BCUT2D eigenvalue weighted by Crippen LogP contribution is -2.04. The van der Waals surface area contributed by atoms with Crippen molar-refractivity contribution in [2.24, 2.45) is 0 Å². The van der Waals surface area contributed by atoms with Gasteiger partial charge in [-0.2, -0.15) is 0 Å². The van der Waals surface area contributed by atoms with Gasteiger partial charge in [-0.3, -0.25) is 4.57 Å². The SMILES string of the molecule is c1ccc(-c2ccc(-c3nc(-n4c5ccccc5c5cc6c7ccccc7n7c8c9ccccc9ccc8c(c54)c67)nc4ccc5ccccc5c34)cc2)cc1. The molecule has 0 aliphatic rings. The number of fused-ring (bicyclic) bond motifs is 15. The molecule has 0 fully saturated rings. The van der Waals surface area contributed by atoms with Gasteiger partial charge in [-0.15, -0.1) is 0 Å². The fourth-order valence-corrected chi connectivity index (χ4v) is 9.61. The van der Waals surface area contributed by atoms with E-state index in [0.29, 0.717) is 5.95 Å². The van der Waals surface area contributed by atoms with Gasteiger partial charge in [0.1, 0.15) is 0 Å². The first kappa shape index (κ1) is 29.8. The Morgan fingerprint density at radius 3 is 1.73 bits per heavy atom. The minimum atomic E-state index is 0.661. The van der Waals surface area contributed by atoms with Crippen molar-refractivity contribution in [3.63, 3.8) is 0 Å². The van der Waals surface area contributed by atoms with E-state index in [0.717, 1.165) is 38.6 Å². The third-order valence-electron chi connectivity index (χ3n) is 12.0. The first-order valence-corrected chi connectivity index (χ1v) is 19.2. The molecule has 0 unspecified atom stereocenters. The molecule has 258 valence electrons. The summed E-state index contributed by atoms with van der Waals surface area (Å²) in [5, 5.41) is 13.2. The molecule has 0 amide bonds. The second kappa shape index (κ2) is 11.0. The summed E-state index contributed by atoms with van der Waals surface area (Å²) < 4.78 is 4.84. The van der Waals surface area contributed by atoms with Crippen LogP contribution >= 0.6 is 0 Å². The molecule has 0 atom stereocenters. The molecule has 13 aromatic rings. The second-order valence-corrected chi connectivity index (χ2v) is 14.9. The topological polar surface area (TPSA) is 35.1 Å². The number of aromatic nitrogens is 4. The van der Waals surface area contributed by atoms with E-state index < -0.39 is 0 Å². The van der Waals surface area contributed by atoms with Gasteiger partial charge in [0.15, 0.2) is 0 Å². The molecule has 4 nitrogen and oxygen atoms in total. The average molecular weight is 711 g/mol. The van der Waals surface area contributed by atoms with Crippen LogP contribution in [0.3, 0.4) is 0 Å². The average Bonchev–Trinajstić information content (AvgIpc) is 3.91. The number of nitrogens with zero attached hydrogens (tertiary/aromatic N) is 4. The fourth-order valence-electron chi connectivity index (χ4n) is 9.61. The number of para-hydroxylation sites is 2. The molecular formula is C52H30N4. The molecule has 0 radical (unpaired) electrons. The maximum Gasteiger partial charge on any atom is 0.235 e. The van der Waals surface area contributed by atoms with Crippen molar-refractivity contribution in [1.29, 1.82) is 0 Å². The summed E-state index contributed by atoms with van der Waals surface area (Å²) in [4.78, 5) is 11.1. The van der Waals surface area contributed by atoms with Crippen molar-refractivity contribution in [1.82, 2.24) is 18.9 Å². The molecule has 0 aliphatic heterocycles. The van der Waals surface area contributed by atoms with Gasteiger partial charge in [-0.25, -0.2) is 9.97 Å². The Kier molecular flexibility index (Phi) is 5.86. The van der Waals surface area contributed by atoms with Gasteiger partial charge in [0.25, 0.3) is 0 Å². The van der Waals surface area contributed by atoms with E-state index in [2.05, 4.69) is 191 Å². The summed E-state index contributed by atoms with van der Waals surface area (Å²) in [7, 11) is 0. The van der Waals surface area contributed by atoms with E-state index in [1.54, 1.807) is 0 Å². The lowest BCUT2D eigenvalue weighted by molar-refractivity contribution is 1.02. The van der Waals surface area contributed by atoms with Crippen molar-refractivity contribution < 1.29 is 0 Å². The molecule has 9 aromatic carbocycles. The lowest BCUT2D eigenvalue weighted by Gasteiger charge is -2.14. The molecule has 0 aliphatic carbocycles. The number of benzene rings is 9. The van der Waals surface area contributed by atoms with Crippen LogP contribution < -0.4 is 0 Å². The monoisotopic (exact) mass is 710 g/mol. The van der Waals surface area contributed by atoms with Gasteiger partial charge >= 0.3 is 0 Å². The van der Waals surface area contributed by atoms with Crippen LogP contribution in [0.2, 0.25) is 0 Å². The van der Waals surface area contributed by atoms with Gasteiger partial charge in [0, 0.05) is 48.7 Å². The molecule has 13 rings (SSSR count). The number of rotatable bonds is 3. The molecular weight excluding hydrogens is 681 g/mol. The predicted molar refractivity (Wildman–Crippen MR) is 234 cm³/mol. The van der Waals surface area contributed by atoms with E-state index in [1.807, 2.05) is 0 Å². The normalized spacial score (nSPS) is 12.3. The van der Waals surface area contributed by atoms with Crippen molar-refractivity contribution in [2.75, 3.05) is 0 Å². The highest BCUT2D eigenvalue weighted by atomic mass is 15.2. The van der Waals surface area contributed by atoms with Crippen molar-refractivity contribution in [2.45, 2.75) is 0 Å². The first-order valence-electron chi connectivity index (χ1n) is 19.2. The Labute approximate surface area is 320 Å². The molecule has 4 aromatic heterocycles. The zero-order valence-electron chi connectivity index (χ0n) is 30.1. The van der Waals surface area contributed by atoms with Gasteiger partial charge in [-0.1, -0.05) is 158 Å². The summed E-state index contributed by atoms with van der Waals surface area (Å²) in [5.74, 6) is 0.661. The summed E-state index contributed by atoms with van der Waals surface area (Å²) in [6.45, 7) is 0. The smallest absolute Gasteiger partial charge is 0.235 e. The number of hydrogen-bond acceptors (Lipinski definition) is 2. The molecule has 0 saturated carbocycles. The van der Waals surface area contributed by atoms with E-state index in [1.165, 1.54) is 76.2 Å².